The molecule has 0 saturated carbocycles. The Bertz CT molecular complexity index is 378. The van der Waals surface area contributed by atoms with Gasteiger partial charge in [0.05, 0.1) is 12.5 Å². The zero-order valence-electron chi connectivity index (χ0n) is 7.68. The molecule has 0 bridgehead atoms. The Labute approximate surface area is 82.0 Å². The van der Waals surface area contributed by atoms with Crippen LogP contribution in [0.2, 0.25) is 0 Å². The topological polar surface area (TPSA) is 46.3 Å². The van der Waals surface area contributed by atoms with E-state index in [2.05, 4.69) is 4.98 Å². The first-order valence-electron chi connectivity index (χ1n) is 4.48. The molecule has 0 spiro atoms. The van der Waals surface area contributed by atoms with Gasteiger partial charge in [0, 0.05) is 36.0 Å². The third-order valence-corrected chi connectivity index (χ3v) is 2.05. The molecule has 0 aliphatic rings. The number of hydrogen-bond acceptors (Lipinski definition) is 3. The summed E-state index contributed by atoms with van der Waals surface area (Å²) >= 11 is 0. The van der Waals surface area contributed by atoms with Crippen LogP contribution in [0.5, 0.6) is 0 Å². The summed E-state index contributed by atoms with van der Waals surface area (Å²) in [7, 11) is 0. The van der Waals surface area contributed by atoms with Crippen molar-refractivity contribution in [2.75, 3.05) is 6.61 Å². The zero-order chi connectivity index (χ0) is 9.80. The number of aliphatic hydroxyl groups is 1. The molecule has 0 fully saturated rings. The van der Waals surface area contributed by atoms with Crippen LogP contribution in [-0.2, 0) is 6.42 Å². The van der Waals surface area contributed by atoms with Crippen LogP contribution in [0, 0.1) is 0 Å². The van der Waals surface area contributed by atoms with Crippen molar-refractivity contribution >= 4 is 0 Å². The summed E-state index contributed by atoms with van der Waals surface area (Å²) in [5, 5.41) is 8.72. The summed E-state index contributed by atoms with van der Waals surface area (Å²) in [4.78, 5) is 4.22. The molecule has 0 aromatic carbocycles. The Morgan fingerprint density at radius 1 is 1.21 bits per heavy atom. The van der Waals surface area contributed by atoms with Gasteiger partial charge in [0.2, 0.25) is 0 Å². The Morgan fingerprint density at radius 3 is 2.71 bits per heavy atom. The van der Waals surface area contributed by atoms with Gasteiger partial charge in [0.15, 0.2) is 0 Å². The van der Waals surface area contributed by atoms with E-state index in [0.29, 0.717) is 6.42 Å². The molecule has 3 nitrogen and oxygen atoms in total. The number of aromatic nitrogens is 1. The fraction of sp³-hybridized carbons (Fsp3) is 0.182. The van der Waals surface area contributed by atoms with E-state index >= 15 is 0 Å². The highest BCUT2D eigenvalue weighted by molar-refractivity contribution is 5.60. The van der Waals surface area contributed by atoms with Crippen LogP contribution < -0.4 is 0 Å². The van der Waals surface area contributed by atoms with Crippen LogP contribution in [0.25, 0.3) is 11.1 Å². The molecule has 0 radical (unpaired) electrons. The number of rotatable bonds is 3. The second-order valence-electron chi connectivity index (χ2n) is 3.02. The van der Waals surface area contributed by atoms with Crippen molar-refractivity contribution < 1.29 is 9.52 Å². The first kappa shape index (κ1) is 8.97. The van der Waals surface area contributed by atoms with Crippen LogP contribution in [0.1, 0.15) is 5.69 Å². The molecule has 72 valence electrons. The van der Waals surface area contributed by atoms with Crippen molar-refractivity contribution in [1.29, 1.82) is 0 Å². The minimum Gasteiger partial charge on any atom is -0.472 e. The number of hydrogen-bond donors (Lipinski definition) is 1. The van der Waals surface area contributed by atoms with Crippen LogP contribution in [0.4, 0.5) is 0 Å². The molecule has 0 aliphatic carbocycles. The highest BCUT2D eigenvalue weighted by Gasteiger charge is 1.99. The summed E-state index contributed by atoms with van der Waals surface area (Å²) in [5.41, 5.74) is 2.95. The van der Waals surface area contributed by atoms with E-state index in [1.165, 1.54) is 0 Å². The first-order chi connectivity index (χ1) is 6.90. The summed E-state index contributed by atoms with van der Waals surface area (Å²) in [6, 6.07) is 5.78. The van der Waals surface area contributed by atoms with Gasteiger partial charge in [-0.15, -0.1) is 0 Å². The molecule has 0 atom stereocenters. The minimum atomic E-state index is 0.137. The highest BCUT2D eigenvalue weighted by Crippen LogP contribution is 2.18. The molecule has 0 aliphatic heterocycles. The van der Waals surface area contributed by atoms with Crippen molar-refractivity contribution in [3.63, 3.8) is 0 Å². The van der Waals surface area contributed by atoms with E-state index in [-0.39, 0.29) is 6.61 Å². The Hall–Kier alpha value is -1.61. The van der Waals surface area contributed by atoms with Gasteiger partial charge in [-0.1, -0.05) is 6.07 Å². The van der Waals surface area contributed by atoms with E-state index in [9.17, 15) is 0 Å². The van der Waals surface area contributed by atoms with E-state index in [0.717, 1.165) is 16.8 Å². The van der Waals surface area contributed by atoms with Gasteiger partial charge in [0.1, 0.15) is 0 Å². The molecule has 2 aromatic heterocycles. The van der Waals surface area contributed by atoms with Crippen molar-refractivity contribution in [2.45, 2.75) is 6.42 Å². The molecule has 0 saturated heterocycles. The normalized spacial score (nSPS) is 10.4. The van der Waals surface area contributed by atoms with Gasteiger partial charge >= 0.3 is 0 Å². The third-order valence-electron chi connectivity index (χ3n) is 2.05. The maximum Gasteiger partial charge on any atom is 0.0981 e. The average Bonchev–Trinajstić information content (AvgIpc) is 2.72. The van der Waals surface area contributed by atoms with Gasteiger partial charge in [-0.3, -0.25) is 4.98 Å². The lowest BCUT2D eigenvalue weighted by Gasteiger charge is -1.99. The van der Waals surface area contributed by atoms with E-state index in [4.69, 9.17) is 9.52 Å². The van der Waals surface area contributed by atoms with E-state index in [1.54, 1.807) is 18.7 Å². The predicted molar refractivity (Wildman–Crippen MR) is 52.7 cm³/mol. The predicted octanol–water partition coefficient (Wildman–Crippen LogP) is 1.88. The number of pyridine rings is 1. The number of nitrogens with zero attached hydrogens (tertiary/aromatic N) is 1. The second kappa shape index (κ2) is 4.07. The lowest BCUT2D eigenvalue weighted by molar-refractivity contribution is 0.298. The molecule has 2 heterocycles. The number of aliphatic hydroxyl groups excluding tert-OH is 1. The molecule has 3 heteroatoms. The van der Waals surface area contributed by atoms with Crippen molar-refractivity contribution in [3.05, 3.63) is 42.6 Å². The third kappa shape index (κ3) is 1.83. The fourth-order valence-electron chi connectivity index (χ4n) is 1.29. The van der Waals surface area contributed by atoms with Crippen LogP contribution in [-0.4, -0.2) is 16.7 Å². The smallest absolute Gasteiger partial charge is 0.0981 e. The molecule has 14 heavy (non-hydrogen) atoms. The lowest BCUT2D eigenvalue weighted by atomic mass is 10.1. The van der Waals surface area contributed by atoms with Crippen molar-refractivity contribution in [1.82, 2.24) is 4.98 Å². The van der Waals surface area contributed by atoms with Crippen LogP contribution in [0.15, 0.2) is 41.3 Å². The van der Waals surface area contributed by atoms with E-state index < -0.39 is 0 Å². The van der Waals surface area contributed by atoms with E-state index in [1.807, 2.05) is 18.2 Å². The molecule has 0 unspecified atom stereocenters. The quantitative estimate of drug-likeness (QED) is 0.801. The van der Waals surface area contributed by atoms with Crippen LogP contribution in [0.3, 0.4) is 0 Å². The SMILES string of the molecule is OCCc1ccc(-c2ccoc2)cn1. The number of furan rings is 1. The summed E-state index contributed by atoms with van der Waals surface area (Å²) in [6.07, 6.45) is 5.71. The molecule has 0 amide bonds. The lowest BCUT2D eigenvalue weighted by Crippen LogP contribution is -1.93. The van der Waals surface area contributed by atoms with Gasteiger partial charge < -0.3 is 9.52 Å². The minimum absolute atomic E-state index is 0.137. The molecular formula is C11H11NO2. The van der Waals surface area contributed by atoms with Gasteiger partial charge in [0.25, 0.3) is 0 Å². The summed E-state index contributed by atoms with van der Waals surface area (Å²) in [5.74, 6) is 0. The largest absolute Gasteiger partial charge is 0.472 e. The molecule has 1 N–H and O–H groups in total. The van der Waals surface area contributed by atoms with Crippen molar-refractivity contribution in [2.24, 2.45) is 0 Å². The maximum atomic E-state index is 8.72. The Balaban J connectivity index is 2.22. The highest BCUT2D eigenvalue weighted by atomic mass is 16.3. The second-order valence-corrected chi connectivity index (χ2v) is 3.02. The molecule has 2 aromatic rings. The van der Waals surface area contributed by atoms with Crippen molar-refractivity contribution in [3.8, 4) is 11.1 Å². The van der Waals surface area contributed by atoms with Gasteiger partial charge in [-0.2, -0.15) is 0 Å². The maximum absolute atomic E-state index is 8.72. The average molecular weight is 189 g/mol. The Morgan fingerprint density at radius 2 is 2.14 bits per heavy atom. The van der Waals surface area contributed by atoms with Gasteiger partial charge in [-0.05, 0) is 12.1 Å². The van der Waals surface area contributed by atoms with Gasteiger partial charge in [-0.25, -0.2) is 0 Å². The first-order valence-corrected chi connectivity index (χ1v) is 4.48. The Kier molecular flexibility index (Phi) is 2.60. The standard InChI is InChI=1S/C11H11NO2/c13-5-3-11-2-1-9(7-12-11)10-4-6-14-8-10/h1-2,4,6-8,13H,3,5H2. The summed E-state index contributed by atoms with van der Waals surface area (Å²) < 4.78 is 4.98. The monoisotopic (exact) mass is 189 g/mol. The van der Waals surface area contributed by atoms with Crippen LogP contribution >= 0.6 is 0 Å². The molecule has 2 rings (SSSR count). The summed E-state index contributed by atoms with van der Waals surface area (Å²) in [6.45, 7) is 0.137. The zero-order valence-corrected chi connectivity index (χ0v) is 7.68. The molecular weight excluding hydrogens is 178 g/mol. The fourth-order valence-corrected chi connectivity index (χ4v) is 1.29.